The molecule has 0 atom stereocenters. The van der Waals surface area contributed by atoms with Crippen molar-refractivity contribution in [3.05, 3.63) is 35.7 Å². The van der Waals surface area contributed by atoms with E-state index in [9.17, 15) is 0 Å². The van der Waals surface area contributed by atoms with Gasteiger partial charge in [-0.2, -0.15) is 4.98 Å². The minimum Gasteiger partial charge on any atom is -0.346 e. The SMILES string of the molecule is CNCc1ccn(Cc2noc(C3CC3)n2)c1. The third-order valence-corrected chi connectivity index (χ3v) is 2.93. The summed E-state index contributed by atoms with van der Waals surface area (Å²) in [5.41, 5.74) is 1.26. The van der Waals surface area contributed by atoms with Crippen molar-refractivity contribution in [2.75, 3.05) is 7.05 Å². The summed E-state index contributed by atoms with van der Waals surface area (Å²) in [6.45, 7) is 1.56. The van der Waals surface area contributed by atoms with Crippen molar-refractivity contribution in [1.82, 2.24) is 20.0 Å². The Morgan fingerprint density at radius 3 is 3.18 bits per heavy atom. The van der Waals surface area contributed by atoms with E-state index in [1.807, 2.05) is 13.2 Å². The monoisotopic (exact) mass is 232 g/mol. The predicted octanol–water partition coefficient (Wildman–Crippen LogP) is 1.52. The van der Waals surface area contributed by atoms with E-state index in [0.717, 1.165) is 18.3 Å². The zero-order valence-electron chi connectivity index (χ0n) is 9.89. The molecule has 17 heavy (non-hydrogen) atoms. The molecule has 2 aromatic heterocycles. The number of rotatable bonds is 5. The van der Waals surface area contributed by atoms with E-state index in [-0.39, 0.29) is 0 Å². The molecule has 2 aromatic rings. The van der Waals surface area contributed by atoms with Crippen molar-refractivity contribution in [2.24, 2.45) is 0 Å². The van der Waals surface area contributed by atoms with Crippen LogP contribution in [0.2, 0.25) is 0 Å². The van der Waals surface area contributed by atoms with E-state index in [4.69, 9.17) is 4.52 Å². The fourth-order valence-corrected chi connectivity index (χ4v) is 1.89. The second kappa shape index (κ2) is 4.33. The number of nitrogens with zero attached hydrogens (tertiary/aromatic N) is 3. The van der Waals surface area contributed by atoms with Gasteiger partial charge in [0.15, 0.2) is 5.82 Å². The maximum absolute atomic E-state index is 5.23. The molecule has 1 N–H and O–H groups in total. The molecular weight excluding hydrogens is 216 g/mol. The van der Waals surface area contributed by atoms with Gasteiger partial charge >= 0.3 is 0 Å². The largest absolute Gasteiger partial charge is 0.346 e. The molecular formula is C12H16N4O. The Labute approximate surface area is 99.8 Å². The molecule has 1 fully saturated rings. The first-order valence-electron chi connectivity index (χ1n) is 5.97. The summed E-state index contributed by atoms with van der Waals surface area (Å²) in [6.07, 6.45) is 6.53. The molecule has 0 radical (unpaired) electrons. The zero-order valence-corrected chi connectivity index (χ0v) is 9.89. The Morgan fingerprint density at radius 1 is 1.53 bits per heavy atom. The van der Waals surface area contributed by atoms with Gasteiger partial charge in [-0.15, -0.1) is 0 Å². The van der Waals surface area contributed by atoms with Crippen LogP contribution >= 0.6 is 0 Å². The fourth-order valence-electron chi connectivity index (χ4n) is 1.89. The van der Waals surface area contributed by atoms with Gasteiger partial charge in [0.05, 0.1) is 6.54 Å². The summed E-state index contributed by atoms with van der Waals surface area (Å²) in [6, 6.07) is 2.10. The topological polar surface area (TPSA) is 55.9 Å². The van der Waals surface area contributed by atoms with Crippen LogP contribution in [0.3, 0.4) is 0 Å². The van der Waals surface area contributed by atoms with Gasteiger partial charge < -0.3 is 14.4 Å². The molecule has 1 aliphatic carbocycles. The Morgan fingerprint density at radius 2 is 2.41 bits per heavy atom. The molecule has 0 spiro atoms. The Hall–Kier alpha value is -1.62. The Bertz CT molecular complexity index is 498. The van der Waals surface area contributed by atoms with Crippen molar-refractivity contribution in [1.29, 1.82) is 0 Å². The lowest BCUT2D eigenvalue weighted by molar-refractivity contribution is 0.373. The van der Waals surface area contributed by atoms with E-state index in [1.165, 1.54) is 18.4 Å². The highest BCUT2D eigenvalue weighted by atomic mass is 16.5. The highest BCUT2D eigenvalue weighted by Gasteiger charge is 2.29. The standard InChI is InChI=1S/C12H16N4O/c1-13-6-9-4-5-16(7-9)8-11-14-12(17-15-11)10-2-3-10/h4-5,7,10,13H,2-3,6,8H2,1H3. The average Bonchev–Trinajstić information content (AvgIpc) is 2.92. The molecule has 0 bridgehead atoms. The maximum atomic E-state index is 5.23. The van der Waals surface area contributed by atoms with Crippen LogP contribution in [0.25, 0.3) is 0 Å². The molecule has 3 rings (SSSR count). The van der Waals surface area contributed by atoms with E-state index in [0.29, 0.717) is 12.5 Å². The van der Waals surface area contributed by atoms with Gasteiger partial charge in [0, 0.05) is 24.9 Å². The lowest BCUT2D eigenvalue weighted by atomic mass is 10.3. The summed E-state index contributed by atoms with van der Waals surface area (Å²) in [5, 5.41) is 7.13. The lowest BCUT2D eigenvalue weighted by Crippen LogP contribution is -2.04. The molecule has 0 unspecified atom stereocenters. The first-order chi connectivity index (χ1) is 8.35. The Kier molecular flexibility index (Phi) is 2.68. The van der Waals surface area contributed by atoms with Crippen LogP contribution in [-0.4, -0.2) is 21.8 Å². The number of hydrogen-bond acceptors (Lipinski definition) is 4. The van der Waals surface area contributed by atoms with Crippen LogP contribution in [0.5, 0.6) is 0 Å². The molecule has 2 heterocycles. The van der Waals surface area contributed by atoms with Crippen molar-refractivity contribution in [2.45, 2.75) is 31.8 Å². The van der Waals surface area contributed by atoms with Crippen molar-refractivity contribution in [3.63, 3.8) is 0 Å². The van der Waals surface area contributed by atoms with E-state index in [1.54, 1.807) is 0 Å². The second-order valence-electron chi connectivity index (χ2n) is 4.55. The van der Waals surface area contributed by atoms with Crippen molar-refractivity contribution in [3.8, 4) is 0 Å². The summed E-state index contributed by atoms with van der Waals surface area (Å²) in [5.74, 6) is 2.10. The minimum absolute atomic E-state index is 0.528. The van der Waals surface area contributed by atoms with Crippen molar-refractivity contribution >= 4 is 0 Å². The molecule has 0 amide bonds. The van der Waals surface area contributed by atoms with E-state index < -0.39 is 0 Å². The van der Waals surface area contributed by atoms with Gasteiger partial charge in [-0.3, -0.25) is 0 Å². The first-order valence-corrected chi connectivity index (χ1v) is 5.97. The van der Waals surface area contributed by atoms with Crippen LogP contribution in [0.4, 0.5) is 0 Å². The van der Waals surface area contributed by atoms with Crippen LogP contribution in [-0.2, 0) is 13.1 Å². The quantitative estimate of drug-likeness (QED) is 0.849. The third-order valence-electron chi connectivity index (χ3n) is 2.93. The van der Waals surface area contributed by atoms with Gasteiger partial charge in [-0.05, 0) is 31.5 Å². The third kappa shape index (κ3) is 2.39. The van der Waals surface area contributed by atoms with Crippen LogP contribution < -0.4 is 5.32 Å². The van der Waals surface area contributed by atoms with Gasteiger partial charge in [0.2, 0.25) is 5.89 Å². The van der Waals surface area contributed by atoms with E-state index >= 15 is 0 Å². The number of nitrogens with one attached hydrogen (secondary N) is 1. The molecule has 1 saturated carbocycles. The molecule has 5 nitrogen and oxygen atoms in total. The predicted molar refractivity (Wildman–Crippen MR) is 62.6 cm³/mol. The molecule has 5 heteroatoms. The van der Waals surface area contributed by atoms with Gasteiger partial charge in [-0.25, -0.2) is 0 Å². The summed E-state index contributed by atoms with van der Waals surface area (Å²) in [4.78, 5) is 4.41. The molecule has 0 saturated heterocycles. The van der Waals surface area contributed by atoms with Gasteiger partial charge in [-0.1, -0.05) is 5.16 Å². The number of aromatic nitrogens is 3. The zero-order chi connectivity index (χ0) is 11.7. The van der Waals surface area contributed by atoms with Crippen molar-refractivity contribution < 1.29 is 4.52 Å². The molecule has 0 aliphatic heterocycles. The lowest BCUT2D eigenvalue weighted by Gasteiger charge is -1.97. The minimum atomic E-state index is 0.528. The molecule has 90 valence electrons. The molecule has 0 aromatic carbocycles. The van der Waals surface area contributed by atoms with Crippen LogP contribution in [0.1, 0.15) is 36.0 Å². The fraction of sp³-hybridized carbons (Fsp3) is 0.500. The number of hydrogen-bond donors (Lipinski definition) is 1. The summed E-state index contributed by atoms with van der Waals surface area (Å²) in [7, 11) is 1.94. The highest BCUT2D eigenvalue weighted by Crippen LogP contribution is 2.38. The first kappa shape index (κ1) is 10.5. The van der Waals surface area contributed by atoms with Gasteiger partial charge in [0.25, 0.3) is 0 Å². The van der Waals surface area contributed by atoms with Gasteiger partial charge in [0.1, 0.15) is 0 Å². The molecule has 1 aliphatic rings. The normalized spacial score (nSPS) is 15.4. The average molecular weight is 232 g/mol. The van der Waals surface area contributed by atoms with Crippen LogP contribution in [0, 0.1) is 0 Å². The Balaban J connectivity index is 1.67. The summed E-state index contributed by atoms with van der Waals surface area (Å²) < 4.78 is 7.31. The smallest absolute Gasteiger partial charge is 0.229 e. The van der Waals surface area contributed by atoms with Crippen LogP contribution in [0.15, 0.2) is 23.0 Å². The van der Waals surface area contributed by atoms with E-state index in [2.05, 4.69) is 32.3 Å². The summed E-state index contributed by atoms with van der Waals surface area (Å²) >= 11 is 0. The second-order valence-corrected chi connectivity index (χ2v) is 4.55. The maximum Gasteiger partial charge on any atom is 0.229 e. The highest BCUT2D eigenvalue weighted by molar-refractivity contribution is 5.11.